The standard InChI is InChI=1S/C26H29N3O5S/c1-18(2)27-26(31)23-7-5-6-8-24(23)28-25(30)17-29(20-11-9-19(3)10-12-20)35(32,33)22-15-13-21(34-4)14-16-22/h5-16,18H,17H2,1-4H3,(H,27,31)(H,28,30). The molecule has 0 bridgehead atoms. The zero-order valence-electron chi connectivity index (χ0n) is 20.1. The van der Waals surface area contributed by atoms with Crippen LogP contribution in [0.1, 0.15) is 29.8 Å². The molecule has 0 saturated heterocycles. The molecule has 35 heavy (non-hydrogen) atoms. The van der Waals surface area contributed by atoms with E-state index in [1.54, 1.807) is 60.7 Å². The fourth-order valence-electron chi connectivity index (χ4n) is 3.35. The lowest BCUT2D eigenvalue weighted by molar-refractivity contribution is -0.114. The van der Waals surface area contributed by atoms with Gasteiger partial charge in [0.1, 0.15) is 12.3 Å². The fourth-order valence-corrected chi connectivity index (χ4v) is 4.77. The molecule has 184 valence electrons. The molecule has 0 aliphatic carbocycles. The first-order chi connectivity index (χ1) is 16.6. The summed E-state index contributed by atoms with van der Waals surface area (Å²) in [6.07, 6.45) is 0. The van der Waals surface area contributed by atoms with Crippen molar-refractivity contribution >= 4 is 33.2 Å². The van der Waals surface area contributed by atoms with Crippen molar-refractivity contribution in [1.82, 2.24) is 5.32 Å². The van der Waals surface area contributed by atoms with Crippen molar-refractivity contribution in [2.24, 2.45) is 0 Å². The third-order valence-electron chi connectivity index (χ3n) is 5.12. The van der Waals surface area contributed by atoms with Gasteiger partial charge in [0.25, 0.3) is 15.9 Å². The lowest BCUT2D eigenvalue weighted by Gasteiger charge is -2.24. The van der Waals surface area contributed by atoms with Crippen molar-refractivity contribution in [3.8, 4) is 5.75 Å². The number of hydrogen-bond acceptors (Lipinski definition) is 5. The van der Waals surface area contributed by atoms with Crippen molar-refractivity contribution in [3.05, 3.63) is 83.9 Å². The summed E-state index contributed by atoms with van der Waals surface area (Å²) < 4.78 is 33.2. The zero-order valence-corrected chi connectivity index (χ0v) is 20.9. The Morgan fingerprint density at radius 1 is 0.943 bits per heavy atom. The Morgan fingerprint density at radius 2 is 1.57 bits per heavy atom. The smallest absolute Gasteiger partial charge is 0.264 e. The second-order valence-corrected chi connectivity index (χ2v) is 10.1. The fraction of sp³-hybridized carbons (Fsp3) is 0.231. The van der Waals surface area contributed by atoms with Crippen LogP contribution in [0.3, 0.4) is 0 Å². The molecule has 0 fully saturated rings. The van der Waals surface area contributed by atoms with E-state index < -0.39 is 22.5 Å². The highest BCUT2D eigenvalue weighted by Gasteiger charge is 2.28. The molecular weight excluding hydrogens is 466 g/mol. The van der Waals surface area contributed by atoms with Crippen LogP contribution < -0.4 is 19.7 Å². The van der Waals surface area contributed by atoms with Crippen molar-refractivity contribution in [2.75, 3.05) is 23.3 Å². The number of anilines is 2. The van der Waals surface area contributed by atoms with Crippen LogP contribution in [0.5, 0.6) is 5.75 Å². The van der Waals surface area contributed by atoms with Crippen LogP contribution >= 0.6 is 0 Å². The Labute approximate surface area is 206 Å². The summed E-state index contributed by atoms with van der Waals surface area (Å²) in [7, 11) is -2.59. The van der Waals surface area contributed by atoms with E-state index >= 15 is 0 Å². The summed E-state index contributed by atoms with van der Waals surface area (Å²) in [6, 6.07) is 19.3. The van der Waals surface area contributed by atoms with E-state index in [0.29, 0.717) is 17.1 Å². The van der Waals surface area contributed by atoms with Crippen molar-refractivity contribution in [3.63, 3.8) is 0 Å². The number of sulfonamides is 1. The van der Waals surface area contributed by atoms with Crippen LogP contribution in [-0.4, -0.2) is 39.9 Å². The molecule has 3 aromatic rings. The van der Waals surface area contributed by atoms with Crippen molar-refractivity contribution in [2.45, 2.75) is 31.7 Å². The number of benzene rings is 3. The third-order valence-corrected chi connectivity index (χ3v) is 6.91. The van der Waals surface area contributed by atoms with Gasteiger partial charge in [0.2, 0.25) is 5.91 Å². The summed E-state index contributed by atoms with van der Waals surface area (Å²) in [5.41, 5.74) is 1.87. The van der Waals surface area contributed by atoms with E-state index in [-0.39, 0.29) is 22.4 Å². The number of rotatable bonds is 9. The van der Waals surface area contributed by atoms with E-state index in [2.05, 4.69) is 10.6 Å². The van der Waals surface area contributed by atoms with Crippen LogP contribution in [0.25, 0.3) is 0 Å². The lowest BCUT2D eigenvalue weighted by atomic mass is 10.1. The maximum Gasteiger partial charge on any atom is 0.264 e. The molecule has 2 N–H and O–H groups in total. The molecule has 0 atom stereocenters. The number of nitrogens with zero attached hydrogens (tertiary/aromatic N) is 1. The first-order valence-corrected chi connectivity index (χ1v) is 12.5. The number of carbonyl (C=O) groups excluding carboxylic acids is 2. The molecule has 2 amide bonds. The van der Waals surface area contributed by atoms with Gasteiger partial charge in [-0.15, -0.1) is 0 Å². The number of ether oxygens (including phenoxy) is 1. The molecule has 3 aromatic carbocycles. The van der Waals surface area contributed by atoms with Crippen molar-refractivity contribution in [1.29, 1.82) is 0 Å². The highest BCUT2D eigenvalue weighted by Crippen LogP contribution is 2.26. The minimum absolute atomic E-state index is 0.0170. The number of carbonyl (C=O) groups is 2. The van der Waals surface area contributed by atoms with Crippen LogP contribution in [-0.2, 0) is 14.8 Å². The molecule has 0 aliphatic heterocycles. The summed E-state index contributed by atoms with van der Waals surface area (Å²) >= 11 is 0. The minimum Gasteiger partial charge on any atom is -0.497 e. The molecule has 0 aromatic heterocycles. The van der Waals surface area contributed by atoms with Gasteiger partial charge in [0.15, 0.2) is 0 Å². The maximum atomic E-state index is 13.5. The quantitative estimate of drug-likeness (QED) is 0.467. The van der Waals surface area contributed by atoms with Crippen LogP contribution in [0.15, 0.2) is 77.7 Å². The molecule has 0 unspecified atom stereocenters. The SMILES string of the molecule is COc1ccc(S(=O)(=O)N(CC(=O)Nc2ccccc2C(=O)NC(C)C)c2ccc(C)cc2)cc1. The highest BCUT2D eigenvalue weighted by atomic mass is 32.2. The first-order valence-electron chi connectivity index (χ1n) is 11.0. The molecule has 0 aliphatic rings. The number of para-hydroxylation sites is 1. The van der Waals surface area contributed by atoms with Gasteiger partial charge >= 0.3 is 0 Å². The minimum atomic E-state index is -4.08. The van der Waals surface area contributed by atoms with Crippen LogP contribution in [0, 0.1) is 6.92 Å². The molecule has 8 nitrogen and oxygen atoms in total. The number of amides is 2. The molecule has 3 rings (SSSR count). The maximum absolute atomic E-state index is 13.5. The van der Waals surface area contributed by atoms with Gasteiger partial charge in [-0.25, -0.2) is 8.42 Å². The molecule has 0 spiro atoms. The average molecular weight is 496 g/mol. The Morgan fingerprint density at radius 3 is 2.17 bits per heavy atom. The van der Waals surface area contributed by atoms with E-state index in [1.807, 2.05) is 20.8 Å². The molecule has 0 heterocycles. The number of nitrogens with one attached hydrogen (secondary N) is 2. The van der Waals surface area contributed by atoms with Gasteiger partial charge in [-0.05, 0) is 69.3 Å². The van der Waals surface area contributed by atoms with E-state index in [4.69, 9.17) is 4.74 Å². The second-order valence-electron chi connectivity index (χ2n) is 8.24. The topological polar surface area (TPSA) is 105 Å². The Balaban J connectivity index is 1.92. The van der Waals surface area contributed by atoms with Crippen LogP contribution in [0.2, 0.25) is 0 Å². The number of methoxy groups -OCH3 is 1. The summed E-state index contributed by atoms with van der Waals surface area (Å²) in [6.45, 7) is 5.07. The van der Waals surface area contributed by atoms with Gasteiger partial charge in [0.05, 0.1) is 28.9 Å². The predicted octanol–water partition coefficient (Wildman–Crippen LogP) is 3.98. The Kier molecular flexibility index (Phi) is 8.14. The molecule has 0 saturated carbocycles. The van der Waals surface area contributed by atoms with Gasteiger partial charge in [-0.3, -0.25) is 13.9 Å². The lowest BCUT2D eigenvalue weighted by Crippen LogP contribution is -2.38. The second kappa shape index (κ2) is 11.1. The van der Waals surface area contributed by atoms with Gasteiger partial charge < -0.3 is 15.4 Å². The van der Waals surface area contributed by atoms with E-state index in [9.17, 15) is 18.0 Å². The van der Waals surface area contributed by atoms with Gasteiger partial charge in [-0.1, -0.05) is 29.8 Å². The summed E-state index contributed by atoms with van der Waals surface area (Å²) in [5.74, 6) is -0.413. The van der Waals surface area contributed by atoms with E-state index in [1.165, 1.54) is 19.2 Å². The number of aryl methyl sites for hydroxylation is 1. The van der Waals surface area contributed by atoms with Crippen molar-refractivity contribution < 1.29 is 22.7 Å². The average Bonchev–Trinajstić information content (AvgIpc) is 2.83. The zero-order chi connectivity index (χ0) is 25.6. The molecular formula is C26H29N3O5S. The monoisotopic (exact) mass is 495 g/mol. The highest BCUT2D eigenvalue weighted by molar-refractivity contribution is 7.92. The van der Waals surface area contributed by atoms with Gasteiger partial charge in [0, 0.05) is 6.04 Å². The van der Waals surface area contributed by atoms with E-state index in [0.717, 1.165) is 9.87 Å². The molecule has 9 heteroatoms. The largest absolute Gasteiger partial charge is 0.497 e. The normalized spacial score (nSPS) is 11.1. The Hall–Kier alpha value is -3.85. The molecule has 0 radical (unpaired) electrons. The number of hydrogen-bond donors (Lipinski definition) is 2. The first kappa shape index (κ1) is 25.8. The van der Waals surface area contributed by atoms with Crippen LogP contribution in [0.4, 0.5) is 11.4 Å². The Bertz CT molecular complexity index is 1290. The summed E-state index contributed by atoms with van der Waals surface area (Å²) in [5, 5.41) is 5.49. The summed E-state index contributed by atoms with van der Waals surface area (Å²) in [4.78, 5) is 25.6. The van der Waals surface area contributed by atoms with Gasteiger partial charge in [-0.2, -0.15) is 0 Å². The predicted molar refractivity (Wildman–Crippen MR) is 136 cm³/mol. The third kappa shape index (κ3) is 6.39.